The van der Waals surface area contributed by atoms with Gasteiger partial charge < -0.3 is 9.32 Å². The number of para-hydroxylation sites is 1. The van der Waals surface area contributed by atoms with Gasteiger partial charge >= 0.3 is 0 Å². The van der Waals surface area contributed by atoms with Crippen molar-refractivity contribution in [2.24, 2.45) is 0 Å². The highest BCUT2D eigenvalue weighted by Gasteiger charge is 2.21. The predicted octanol–water partition coefficient (Wildman–Crippen LogP) is 17.2. The van der Waals surface area contributed by atoms with Gasteiger partial charge in [0.05, 0.1) is 5.69 Å². The van der Waals surface area contributed by atoms with Gasteiger partial charge in [-0.3, -0.25) is 0 Å². The first kappa shape index (κ1) is 35.7. The van der Waals surface area contributed by atoms with Crippen LogP contribution in [0.3, 0.4) is 0 Å². The highest BCUT2D eigenvalue weighted by molar-refractivity contribution is 6.21. The van der Waals surface area contributed by atoms with E-state index >= 15 is 0 Å². The van der Waals surface area contributed by atoms with Gasteiger partial charge in [-0.25, -0.2) is 0 Å². The summed E-state index contributed by atoms with van der Waals surface area (Å²) in [5, 5.41) is 9.60. The molecule has 1 heterocycles. The summed E-state index contributed by atoms with van der Waals surface area (Å²) in [5.41, 5.74) is 14.4. The summed E-state index contributed by atoms with van der Waals surface area (Å²) in [6.07, 6.45) is 0. The number of nitrogens with zero attached hydrogens (tertiary/aromatic N) is 1. The molecular weight excluding hydrogens is 751 g/mol. The van der Waals surface area contributed by atoms with Crippen LogP contribution in [0.2, 0.25) is 0 Å². The molecule has 0 N–H and O–H groups in total. The summed E-state index contributed by atoms with van der Waals surface area (Å²) in [7, 11) is 0. The summed E-state index contributed by atoms with van der Waals surface area (Å²) in [4.78, 5) is 2.33. The summed E-state index contributed by atoms with van der Waals surface area (Å²) in [5.74, 6) is 0. The second-order valence-electron chi connectivity index (χ2n) is 16.1. The van der Waals surface area contributed by atoms with Gasteiger partial charge in [0.25, 0.3) is 0 Å². The largest absolute Gasteiger partial charge is 0.454 e. The van der Waals surface area contributed by atoms with Crippen molar-refractivity contribution in [1.82, 2.24) is 0 Å². The molecule has 0 bridgehead atoms. The Hall–Kier alpha value is -8.20. The third kappa shape index (κ3) is 6.20. The number of benzene rings is 11. The number of fused-ring (bicyclic) bond motifs is 7. The minimum atomic E-state index is 0.860. The molecule has 2 nitrogen and oxygen atoms in total. The molecule has 0 radical (unpaired) electrons. The van der Waals surface area contributed by atoms with Crippen LogP contribution in [0.5, 0.6) is 0 Å². The Labute approximate surface area is 360 Å². The van der Waals surface area contributed by atoms with Gasteiger partial charge in [-0.05, 0) is 131 Å². The molecule has 290 valence electrons. The molecule has 12 rings (SSSR count). The van der Waals surface area contributed by atoms with Crippen molar-refractivity contribution < 1.29 is 4.42 Å². The topological polar surface area (TPSA) is 16.4 Å². The smallest absolute Gasteiger partial charge is 0.159 e. The molecule has 0 unspecified atom stereocenters. The van der Waals surface area contributed by atoms with Crippen LogP contribution in [-0.4, -0.2) is 0 Å². The number of rotatable bonds is 7. The molecule has 2 heteroatoms. The Balaban J connectivity index is 0.942. The van der Waals surface area contributed by atoms with Crippen molar-refractivity contribution in [3.05, 3.63) is 237 Å². The van der Waals surface area contributed by atoms with E-state index in [9.17, 15) is 0 Å². The molecule has 62 heavy (non-hydrogen) atoms. The van der Waals surface area contributed by atoms with Gasteiger partial charge in [-0.1, -0.05) is 182 Å². The zero-order valence-corrected chi connectivity index (χ0v) is 33.9. The van der Waals surface area contributed by atoms with E-state index in [1.54, 1.807) is 0 Å². The maximum atomic E-state index is 6.82. The quantitative estimate of drug-likeness (QED) is 0.160. The molecule has 0 amide bonds. The Bertz CT molecular complexity index is 3620. The molecule has 0 aliphatic rings. The van der Waals surface area contributed by atoms with Crippen LogP contribution < -0.4 is 4.90 Å². The maximum Gasteiger partial charge on any atom is 0.159 e. The van der Waals surface area contributed by atoms with E-state index in [2.05, 4.69) is 241 Å². The van der Waals surface area contributed by atoms with Crippen molar-refractivity contribution >= 4 is 71.3 Å². The SMILES string of the molecule is c1ccc(-c2ccccc2-c2ccc(N(c3ccc(-c4ccc5cc(-c6ccc7ccccc7c6)ccc5c4)cc3)c3cccc4c3oc3ccc5ccccc5c34)cc2)cc1. The second-order valence-corrected chi connectivity index (χ2v) is 16.1. The molecule has 0 saturated heterocycles. The van der Waals surface area contributed by atoms with Crippen LogP contribution in [0.1, 0.15) is 0 Å². The molecule has 12 aromatic rings. The van der Waals surface area contributed by atoms with Gasteiger partial charge in [0.15, 0.2) is 5.58 Å². The highest BCUT2D eigenvalue weighted by atomic mass is 16.3. The third-order valence-corrected chi connectivity index (χ3v) is 12.4. The number of hydrogen-bond donors (Lipinski definition) is 0. The van der Waals surface area contributed by atoms with Gasteiger partial charge in [0.2, 0.25) is 0 Å². The molecule has 11 aromatic carbocycles. The van der Waals surface area contributed by atoms with Crippen molar-refractivity contribution in [3.63, 3.8) is 0 Å². The fourth-order valence-corrected chi connectivity index (χ4v) is 9.33. The normalized spacial score (nSPS) is 11.5. The van der Waals surface area contributed by atoms with Gasteiger partial charge in [-0.2, -0.15) is 0 Å². The fourth-order valence-electron chi connectivity index (χ4n) is 9.33. The van der Waals surface area contributed by atoms with Gasteiger partial charge in [-0.15, -0.1) is 0 Å². The van der Waals surface area contributed by atoms with Crippen LogP contribution in [0.15, 0.2) is 241 Å². The average molecular weight is 790 g/mol. The predicted molar refractivity (Wildman–Crippen MR) is 263 cm³/mol. The Morgan fingerprint density at radius 1 is 0.290 bits per heavy atom. The van der Waals surface area contributed by atoms with Crippen LogP contribution in [-0.2, 0) is 0 Å². The van der Waals surface area contributed by atoms with Crippen LogP contribution >= 0.6 is 0 Å². The minimum Gasteiger partial charge on any atom is -0.454 e. The van der Waals surface area contributed by atoms with Crippen LogP contribution in [0.4, 0.5) is 17.1 Å². The van der Waals surface area contributed by atoms with Crippen molar-refractivity contribution in [2.75, 3.05) is 4.90 Å². The number of hydrogen-bond acceptors (Lipinski definition) is 2. The first-order valence-electron chi connectivity index (χ1n) is 21.2. The Morgan fingerprint density at radius 3 is 1.44 bits per heavy atom. The molecule has 0 aliphatic carbocycles. The maximum absolute atomic E-state index is 6.82. The van der Waals surface area contributed by atoms with Crippen molar-refractivity contribution in [1.29, 1.82) is 0 Å². The van der Waals surface area contributed by atoms with E-state index in [0.29, 0.717) is 0 Å². The Morgan fingerprint density at radius 2 is 0.758 bits per heavy atom. The number of anilines is 3. The molecule has 0 spiro atoms. The summed E-state index contributed by atoms with van der Waals surface area (Å²) < 4.78 is 6.82. The fraction of sp³-hybridized carbons (Fsp3) is 0. The van der Waals surface area contributed by atoms with E-state index in [1.807, 2.05) is 0 Å². The van der Waals surface area contributed by atoms with Crippen LogP contribution in [0.25, 0.3) is 98.8 Å². The van der Waals surface area contributed by atoms with E-state index in [1.165, 1.54) is 65.7 Å². The average Bonchev–Trinajstić information content (AvgIpc) is 3.75. The lowest BCUT2D eigenvalue weighted by molar-refractivity contribution is 0.669. The summed E-state index contributed by atoms with van der Waals surface area (Å²) in [6.45, 7) is 0. The molecular formula is C60H39NO. The van der Waals surface area contributed by atoms with E-state index in [0.717, 1.165) is 50.1 Å². The zero-order chi connectivity index (χ0) is 41.0. The van der Waals surface area contributed by atoms with Crippen molar-refractivity contribution in [3.8, 4) is 44.5 Å². The standard InChI is InChI=1S/C60H39NO/c1-2-12-42(13-3-1)53-16-8-9-17-54(53)44-29-34-52(35-30-44)61(57-20-10-19-56-59-55-18-7-6-14-43(55)31-36-58(59)62-60(56)57)51-32-27-41(28-33-51)46-23-24-49-39-50(26-25-48(49)38-46)47-22-21-40-11-4-5-15-45(40)37-47/h1-39H. The number of furan rings is 1. The first-order valence-corrected chi connectivity index (χ1v) is 21.2. The molecule has 0 fully saturated rings. The monoisotopic (exact) mass is 789 g/mol. The van der Waals surface area contributed by atoms with E-state index in [4.69, 9.17) is 4.42 Å². The van der Waals surface area contributed by atoms with Gasteiger partial charge in [0.1, 0.15) is 5.58 Å². The second kappa shape index (κ2) is 14.8. The molecule has 0 aliphatic heterocycles. The zero-order valence-electron chi connectivity index (χ0n) is 33.9. The first-order chi connectivity index (χ1) is 30.7. The van der Waals surface area contributed by atoms with Crippen molar-refractivity contribution in [2.45, 2.75) is 0 Å². The van der Waals surface area contributed by atoms with Gasteiger partial charge in [0, 0.05) is 22.1 Å². The lowest BCUT2D eigenvalue weighted by atomic mass is 9.94. The molecule has 1 aromatic heterocycles. The lowest BCUT2D eigenvalue weighted by Gasteiger charge is -2.26. The molecule has 0 saturated carbocycles. The third-order valence-electron chi connectivity index (χ3n) is 12.4. The van der Waals surface area contributed by atoms with E-state index in [-0.39, 0.29) is 0 Å². The van der Waals surface area contributed by atoms with Crippen LogP contribution in [0, 0.1) is 0 Å². The summed E-state index contributed by atoms with van der Waals surface area (Å²) >= 11 is 0. The van der Waals surface area contributed by atoms with E-state index < -0.39 is 0 Å². The highest BCUT2D eigenvalue weighted by Crippen LogP contribution is 2.45. The minimum absolute atomic E-state index is 0.860. The molecule has 0 atom stereocenters. The lowest BCUT2D eigenvalue weighted by Crippen LogP contribution is -2.10. The Kier molecular flexibility index (Phi) is 8.53. The summed E-state index contributed by atoms with van der Waals surface area (Å²) in [6, 6.07) is 85.3.